The molecular formula is C11H17N3. The molecule has 1 saturated carbocycles. The van der Waals surface area contributed by atoms with Crippen molar-refractivity contribution >= 4 is 5.82 Å². The van der Waals surface area contributed by atoms with E-state index in [1.807, 2.05) is 12.3 Å². The fourth-order valence-electron chi connectivity index (χ4n) is 1.57. The highest BCUT2D eigenvalue weighted by molar-refractivity contribution is 5.42. The number of aromatic nitrogens is 1. The zero-order valence-electron chi connectivity index (χ0n) is 8.59. The van der Waals surface area contributed by atoms with Gasteiger partial charge in [-0.2, -0.15) is 0 Å². The molecule has 1 aromatic heterocycles. The first-order chi connectivity index (χ1) is 6.76. The largest absolute Gasteiger partial charge is 0.369 e. The lowest BCUT2D eigenvalue weighted by Gasteiger charge is -2.14. The monoisotopic (exact) mass is 191 g/mol. The van der Waals surface area contributed by atoms with Crippen LogP contribution in [0.4, 0.5) is 5.82 Å². The molecule has 0 unspecified atom stereocenters. The molecule has 1 aliphatic rings. The number of pyridine rings is 1. The lowest BCUT2D eigenvalue weighted by molar-refractivity contribution is 0.555. The number of aryl methyl sites for hydroxylation is 1. The molecular weight excluding hydrogens is 174 g/mol. The number of rotatable bonds is 4. The van der Waals surface area contributed by atoms with Gasteiger partial charge in [0.25, 0.3) is 0 Å². The van der Waals surface area contributed by atoms with Crippen molar-refractivity contribution in [3.8, 4) is 0 Å². The molecule has 1 aromatic rings. The third-order valence-corrected chi connectivity index (χ3v) is 3.03. The molecule has 3 nitrogen and oxygen atoms in total. The zero-order valence-corrected chi connectivity index (χ0v) is 8.59. The molecule has 14 heavy (non-hydrogen) atoms. The van der Waals surface area contributed by atoms with Crippen LogP contribution in [0.25, 0.3) is 0 Å². The summed E-state index contributed by atoms with van der Waals surface area (Å²) in [7, 11) is 0. The lowest BCUT2D eigenvalue weighted by Crippen LogP contribution is -2.24. The Labute approximate surface area is 84.7 Å². The van der Waals surface area contributed by atoms with E-state index < -0.39 is 0 Å². The number of anilines is 1. The topological polar surface area (TPSA) is 50.9 Å². The van der Waals surface area contributed by atoms with Gasteiger partial charge in [-0.1, -0.05) is 6.07 Å². The molecule has 0 saturated heterocycles. The summed E-state index contributed by atoms with van der Waals surface area (Å²) in [6.07, 6.45) is 4.32. The van der Waals surface area contributed by atoms with Gasteiger partial charge >= 0.3 is 0 Å². The molecule has 0 radical (unpaired) electrons. The number of hydrogen-bond donors (Lipinski definition) is 2. The molecule has 1 fully saturated rings. The highest BCUT2D eigenvalue weighted by atomic mass is 15.0. The van der Waals surface area contributed by atoms with Crippen molar-refractivity contribution in [3.05, 3.63) is 23.9 Å². The van der Waals surface area contributed by atoms with E-state index in [9.17, 15) is 0 Å². The average molecular weight is 191 g/mol. The van der Waals surface area contributed by atoms with Gasteiger partial charge in [-0.05, 0) is 43.4 Å². The van der Waals surface area contributed by atoms with Gasteiger partial charge in [-0.3, -0.25) is 0 Å². The second-order valence-electron chi connectivity index (χ2n) is 4.23. The standard InChI is InChI=1S/C11H17N3/c1-9-3-2-6-13-10(9)14-8-11(7-12)4-5-11/h2-3,6H,4-5,7-8,12H2,1H3,(H,13,14). The van der Waals surface area contributed by atoms with Gasteiger partial charge in [0.15, 0.2) is 0 Å². The van der Waals surface area contributed by atoms with Crippen LogP contribution < -0.4 is 11.1 Å². The van der Waals surface area contributed by atoms with Crippen LogP contribution in [0.1, 0.15) is 18.4 Å². The van der Waals surface area contributed by atoms with Crippen LogP contribution in [0.3, 0.4) is 0 Å². The first kappa shape index (κ1) is 9.46. The second-order valence-corrected chi connectivity index (χ2v) is 4.23. The van der Waals surface area contributed by atoms with Gasteiger partial charge < -0.3 is 11.1 Å². The maximum absolute atomic E-state index is 5.71. The number of hydrogen-bond acceptors (Lipinski definition) is 3. The summed E-state index contributed by atoms with van der Waals surface area (Å²) in [6, 6.07) is 4.02. The molecule has 3 N–H and O–H groups in total. The molecule has 2 rings (SSSR count). The van der Waals surface area contributed by atoms with Crippen LogP contribution >= 0.6 is 0 Å². The average Bonchev–Trinajstić information content (AvgIpc) is 2.98. The summed E-state index contributed by atoms with van der Waals surface area (Å²) in [5, 5.41) is 3.38. The summed E-state index contributed by atoms with van der Waals surface area (Å²) in [4.78, 5) is 4.29. The van der Waals surface area contributed by atoms with Crippen LogP contribution in [0.2, 0.25) is 0 Å². The van der Waals surface area contributed by atoms with Crippen molar-refractivity contribution in [3.63, 3.8) is 0 Å². The second kappa shape index (κ2) is 3.58. The molecule has 1 heterocycles. The van der Waals surface area contributed by atoms with Gasteiger partial charge in [-0.25, -0.2) is 4.98 Å². The Kier molecular flexibility index (Phi) is 2.42. The first-order valence-corrected chi connectivity index (χ1v) is 5.11. The Morgan fingerprint density at radius 1 is 1.57 bits per heavy atom. The summed E-state index contributed by atoms with van der Waals surface area (Å²) >= 11 is 0. The van der Waals surface area contributed by atoms with Crippen molar-refractivity contribution < 1.29 is 0 Å². The van der Waals surface area contributed by atoms with Crippen LogP contribution in [0, 0.1) is 12.3 Å². The van der Waals surface area contributed by atoms with Crippen LogP contribution in [0.5, 0.6) is 0 Å². The fraction of sp³-hybridized carbons (Fsp3) is 0.545. The number of nitrogens with two attached hydrogens (primary N) is 1. The summed E-state index contributed by atoms with van der Waals surface area (Å²) < 4.78 is 0. The summed E-state index contributed by atoms with van der Waals surface area (Å²) in [5.41, 5.74) is 7.27. The number of nitrogens with one attached hydrogen (secondary N) is 1. The molecule has 0 bridgehead atoms. The fourth-order valence-corrected chi connectivity index (χ4v) is 1.57. The van der Waals surface area contributed by atoms with Gasteiger partial charge in [0.05, 0.1) is 0 Å². The summed E-state index contributed by atoms with van der Waals surface area (Å²) in [5.74, 6) is 0.993. The maximum atomic E-state index is 5.71. The van der Waals surface area contributed by atoms with Crippen LogP contribution in [-0.4, -0.2) is 18.1 Å². The van der Waals surface area contributed by atoms with E-state index in [-0.39, 0.29) is 0 Å². The predicted molar refractivity (Wildman–Crippen MR) is 58.2 cm³/mol. The van der Waals surface area contributed by atoms with E-state index in [1.54, 1.807) is 0 Å². The molecule has 0 amide bonds. The lowest BCUT2D eigenvalue weighted by atomic mass is 10.1. The van der Waals surface area contributed by atoms with E-state index in [0.717, 1.165) is 18.9 Å². The van der Waals surface area contributed by atoms with E-state index in [1.165, 1.54) is 18.4 Å². The van der Waals surface area contributed by atoms with Crippen molar-refractivity contribution in [1.82, 2.24) is 4.98 Å². The molecule has 0 aromatic carbocycles. The molecule has 1 aliphatic carbocycles. The normalized spacial score (nSPS) is 17.9. The van der Waals surface area contributed by atoms with Crippen molar-refractivity contribution in [1.29, 1.82) is 0 Å². The van der Waals surface area contributed by atoms with E-state index in [2.05, 4.69) is 23.3 Å². The molecule has 0 atom stereocenters. The van der Waals surface area contributed by atoms with Gasteiger partial charge in [0, 0.05) is 12.7 Å². The predicted octanol–water partition coefficient (Wildman–Crippen LogP) is 1.54. The summed E-state index contributed by atoms with van der Waals surface area (Å²) in [6.45, 7) is 3.81. The Morgan fingerprint density at radius 2 is 2.36 bits per heavy atom. The maximum Gasteiger partial charge on any atom is 0.128 e. The minimum atomic E-state index is 0.365. The van der Waals surface area contributed by atoms with E-state index in [4.69, 9.17) is 5.73 Å². The van der Waals surface area contributed by atoms with Gasteiger partial charge in [0.2, 0.25) is 0 Å². The third kappa shape index (κ3) is 1.87. The van der Waals surface area contributed by atoms with E-state index >= 15 is 0 Å². The Balaban J connectivity index is 1.95. The van der Waals surface area contributed by atoms with Gasteiger partial charge in [0.1, 0.15) is 5.82 Å². The third-order valence-electron chi connectivity index (χ3n) is 3.03. The minimum absolute atomic E-state index is 0.365. The quantitative estimate of drug-likeness (QED) is 0.759. The number of nitrogens with zero attached hydrogens (tertiary/aromatic N) is 1. The molecule has 0 aliphatic heterocycles. The Hall–Kier alpha value is -1.09. The highest BCUT2D eigenvalue weighted by Crippen LogP contribution is 2.44. The van der Waals surface area contributed by atoms with Crippen molar-refractivity contribution in [2.75, 3.05) is 18.4 Å². The van der Waals surface area contributed by atoms with Crippen LogP contribution in [-0.2, 0) is 0 Å². The van der Waals surface area contributed by atoms with Crippen molar-refractivity contribution in [2.24, 2.45) is 11.1 Å². The van der Waals surface area contributed by atoms with E-state index in [0.29, 0.717) is 5.41 Å². The highest BCUT2D eigenvalue weighted by Gasteiger charge is 2.40. The SMILES string of the molecule is Cc1cccnc1NCC1(CN)CC1. The Morgan fingerprint density at radius 3 is 2.93 bits per heavy atom. The molecule has 0 spiro atoms. The first-order valence-electron chi connectivity index (χ1n) is 5.11. The minimum Gasteiger partial charge on any atom is -0.369 e. The zero-order chi connectivity index (χ0) is 10.0. The van der Waals surface area contributed by atoms with Crippen LogP contribution in [0.15, 0.2) is 18.3 Å². The van der Waals surface area contributed by atoms with Gasteiger partial charge in [-0.15, -0.1) is 0 Å². The Bertz CT molecular complexity index is 318. The molecule has 3 heteroatoms. The smallest absolute Gasteiger partial charge is 0.128 e. The van der Waals surface area contributed by atoms with Crippen molar-refractivity contribution in [2.45, 2.75) is 19.8 Å². The molecule has 76 valence electrons.